The van der Waals surface area contributed by atoms with Crippen LogP contribution in [0, 0.1) is 0 Å². The van der Waals surface area contributed by atoms with E-state index >= 15 is 0 Å². The van der Waals surface area contributed by atoms with Crippen molar-refractivity contribution in [1.29, 1.82) is 0 Å². The van der Waals surface area contributed by atoms with Crippen LogP contribution in [0.25, 0.3) is 20.9 Å². The lowest BCUT2D eigenvalue weighted by Crippen LogP contribution is -2.40. The van der Waals surface area contributed by atoms with Gasteiger partial charge in [0.2, 0.25) is 0 Å². The third-order valence-electron chi connectivity index (χ3n) is 4.61. The lowest BCUT2D eigenvalue weighted by atomic mass is 10.1. The number of halogens is 1. The molecule has 0 radical (unpaired) electrons. The molecule has 0 unspecified atom stereocenters. The highest BCUT2D eigenvalue weighted by Gasteiger charge is 2.23. The fraction of sp³-hybridized carbons (Fsp3) is 0.167. The largest absolute Gasteiger partial charge is 0.347 e. The molecule has 4 nitrogen and oxygen atoms in total. The van der Waals surface area contributed by atoms with Crippen molar-refractivity contribution in [3.8, 4) is 0 Å². The van der Waals surface area contributed by atoms with E-state index in [0.717, 1.165) is 20.9 Å². The summed E-state index contributed by atoms with van der Waals surface area (Å²) in [5.41, 5.74) is 0.829. The number of hydrogen-bond donors (Lipinski definition) is 2. The predicted molar refractivity (Wildman–Crippen MR) is 126 cm³/mol. The van der Waals surface area contributed by atoms with Crippen LogP contribution in [-0.4, -0.2) is 17.4 Å². The van der Waals surface area contributed by atoms with Crippen LogP contribution in [0.4, 0.5) is 5.69 Å². The van der Waals surface area contributed by atoms with Gasteiger partial charge in [0.25, 0.3) is 11.8 Å². The molecule has 0 bridgehead atoms. The number of amides is 2. The standard InChI is InChI=1S/C24H21ClN2O2S/c1-24(2,3)27-23(29)21-19(25)17-9-6-10-18(20(17)30-21)26-22(28)16-12-11-14-7-4-5-8-15(14)13-16/h4-13H,1-3H3,(H,26,28)(H,27,29). The number of benzene rings is 3. The van der Waals surface area contributed by atoms with E-state index in [0.29, 0.717) is 21.2 Å². The number of anilines is 1. The van der Waals surface area contributed by atoms with E-state index in [9.17, 15) is 9.59 Å². The first-order valence-corrected chi connectivity index (χ1v) is 10.8. The minimum atomic E-state index is -0.371. The molecule has 0 fully saturated rings. The van der Waals surface area contributed by atoms with Crippen LogP contribution < -0.4 is 10.6 Å². The summed E-state index contributed by atoms with van der Waals surface area (Å²) in [5, 5.41) is 9.15. The van der Waals surface area contributed by atoms with Crippen molar-refractivity contribution in [3.05, 3.63) is 76.1 Å². The van der Waals surface area contributed by atoms with Gasteiger partial charge in [0, 0.05) is 16.5 Å². The Morgan fingerprint density at radius 1 is 0.900 bits per heavy atom. The highest BCUT2D eigenvalue weighted by Crippen LogP contribution is 2.39. The van der Waals surface area contributed by atoms with Gasteiger partial charge in [-0.3, -0.25) is 9.59 Å². The molecule has 0 spiro atoms. The Morgan fingerprint density at radius 3 is 2.37 bits per heavy atom. The first kappa shape index (κ1) is 20.4. The number of thiophene rings is 1. The van der Waals surface area contributed by atoms with E-state index in [1.54, 1.807) is 6.07 Å². The molecule has 30 heavy (non-hydrogen) atoms. The zero-order chi connectivity index (χ0) is 21.5. The maximum Gasteiger partial charge on any atom is 0.263 e. The maximum absolute atomic E-state index is 12.9. The minimum Gasteiger partial charge on any atom is -0.347 e. The smallest absolute Gasteiger partial charge is 0.263 e. The highest BCUT2D eigenvalue weighted by molar-refractivity contribution is 7.22. The summed E-state index contributed by atoms with van der Waals surface area (Å²) in [4.78, 5) is 26.0. The second-order valence-corrected chi connectivity index (χ2v) is 9.55. The second-order valence-electron chi connectivity index (χ2n) is 8.15. The summed E-state index contributed by atoms with van der Waals surface area (Å²) in [7, 11) is 0. The Balaban J connectivity index is 1.67. The molecule has 3 aromatic carbocycles. The van der Waals surface area contributed by atoms with Gasteiger partial charge in [-0.1, -0.05) is 54.1 Å². The molecular weight excluding hydrogens is 416 g/mol. The zero-order valence-electron chi connectivity index (χ0n) is 16.9. The molecule has 0 saturated heterocycles. The van der Waals surface area contributed by atoms with Gasteiger partial charge in [-0.2, -0.15) is 0 Å². The third kappa shape index (κ3) is 4.04. The van der Waals surface area contributed by atoms with Gasteiger partial charge in [-0.25, -0.2) is 0 Å². The van der Waals surface area contributed by atoms with Crippen LogP contribution in [0.15, 0.2) is 60.7 Å². The Morgan fingerprint density at radius 2 is 1.63 bits per heavy atom. The molecule has 0 aliphatic rings. The topological polar surface area (TPSA) is 58.2 Å². The molecule has 152 valence electrons. The molecule has 0 aliphatic carbocycles. The van der Waals surface area contributed by atoms with Crippen LogP contribution in [0.1, 0.15) is 40.8 Å². The molecule has 1 heterocycles. The van der Waals surface area contributed by atoms with Crippen molar-refractivity contribution in [1.82, 2.24) is 5.32 Å². The van der Waals surface area contributed by atoms with Crippen molar-refractivity contribution >= 4 is 61.3 Å². The van der Waals surface area contributed by atoms with Crippen molar-refractivity contribution in [2.45, 2.75) is 26.3 Å². The molecule has 4 aromatic rings. The Bertz CT molecular complexity index is 1290. The van der Waals surface area contributed by atoms with E-state index in [2.05, 4.69) is 10.6 Å². The minimum absolute atomic E-state index is 0.210. The number of carbonyl (C=O) groups excluding carboxylic acids is 2. The molecular formula is C24H21ClN2O2S. The average Bonchev–Trinajstić information content (AvgIpc) is 3.04. The predicted octanol–water partition coefficient (Wildman–Crippen LogP) is 6.49. The quantitative estimate of drug-likeness (QED) is 0.385. The average molecular weight is 437 g/mol. The SMILES string of the molecule is CC(C)(C)NC(=O)c1sc2c(NC(=O)c3ccc4ccccc4c3)cccc2c1Cl. The van der Waals surface area contributed by atoms with Gasteiger partial charge >= 0.3 is 0 Å². The number of fused-ring (bicyclic) bond motifs is 2. The number of nitrogens with one attached hydrogen (secondary N) is 2. The van der Waals surface area contributed by atoms with Gasteiger partial charge in [0.05, 0.1) is 15.4 Å². The first-order chi connectivity index (χ1) is 14.2. The molecule has 4 rings (SSSR count). The number of hydrogen-bond acceptors (Lipinski definition) is 3. The van der Waals surface area contributed by atoms with Crippen molar-refractivity contribution in [3.63, 3.8) is 0 Å². The Kier molecular flexibility index (Phi) is 5.26. The molecule has 1 aromatic heterocycles. The Labute approximate surface area is 183 Å². The van der Waals surface area contributed by atoms with E-state index in [4.69, 9.17) is 11.6 Å². The van der Waals surface area contributed by atoms with Gasteiger partial charge in [0.15, 0.2) is 0 Å². The van der Waals surface area contributed by atoms with Crippen LogP contribution >= 0.6 is 22.9 Å². The van der Waals surface area contributed by atoms with Gasteiger partial charge in [0.1, 0.15) is 4.88 Å². The van der Waals surface area contributed by atoms with Crippen LogP contribution in [-0.2, 0) is 0 Å². The summed E-state index contributed by atoms with van der Waals surface area (Å²) >= 11 is 7.79. The number of carbonyl (C=O) groups is 2. The summed E-state index contributed by atoms with van der Waals surface area (Å²) in [6.45, 7) is 5.75. The van der Waals surface area contributed by atoms with E-state index in [1.807, 2.05) is 75.4 Å². The second kappa shape index (κ2) is 7.74. The molecule has 0 atom stereocenters. The first-order valence-electron chi connectivity index (χ1n) is 9.56. The van der Waals surface area contributed by atoms with E-state index in [-0.39, 0.29) is 17.4 Å². The molecule has 0 aliphatic heterocycles. The van der Waals surface area contributed by atoms with Gasteiger partial charge < -0.3 is 10.6 Å². The van der Waals surface area contributed by atoms with Gasteiger partial charge in [-0.05, 0) is 49.7 Å². The lowest BCUT2D eigenvalue weighted by Gasteiger charge is -2.19. The van der Waals surface area contributed by atoms with Crippen molar-refractivity contribution in [2.24, 2.45) is 0 Å². The fourth-order valence-corrected chi connectivity index (χ4v) is 4.73. The molecule has 0 saturated carbocycles. The normalized spacial score (nSPS) is 11.6. The van der Waals surface area contributed by atoms with Crippen LogP contribution in [0.2, 0.25) is 5.02 Å². The molecule has 6 heteroatoms. The summed E-state index contributed by atoms with van der Waals surface area (Å²) in [6, 6.07) is 19.0. The third-order valence-corrected chi connectivity index (χ3v) is 6.35. The van der Waals surface area contributed by atoms with Crippen LogP contribution in [0.3, 0.4) is 0 Å². The summed E-state index contributed by atoms with van der Waals surface area (Å²) < 4.78 is 0.774. The summed E-state index contributed by atoms with van der Waals surface area (Å²) in [5.74, 6) is -0.432. The molecule has 2 N–H and O–H groups in total. The van der Waals surface area contributed by atoms with Gasteiger partial charge in [-0.15, -0.1) is 11.3 Å². The van der Waals surface area contributed by atoms with Crippen molar-refractivity contribution < 1.29 is 9.59 Å². The summed E-state index contributed by atoms with van der Waals surface area (Å²) in [6.07, 6.45) is 0. The van der Waals surface area contributed by atoms with E-state index < -0.39 is 0 Å². The number of rotatable bonds is 3. The lowest BCUT2D eigenvalue weighted by molar-refractivity contribution is 0.0923. The van der Waals surface area contributed by atoms with Crippen molar-refractivity contribution in [2.75, 3.05) is 5.32 Å². The molecule has 2 amide bonds. The Hall–Kier alpha value is -2.89. The monoisotopic (exact) mass is 436 g/mol. The van der Waals surface area contributed by atoms with E-state index in [1.165, 1.54) is 11.3 Å². The van der Waals surface area contributed by atoms with Crippen LogP contribution in [0.5, 0.6) is 0 Å². The zero-order valence-corrected chi connectivity index (χ0v) is 18.4. The fourth-order valence-electron chi connectivity index (χ4n) is 3.26. The highest BCUT2D eigenvalue weighted by atomic mass is 35.5. The maximum atomic E-state index is 12.9.